The van der Waals surface area contributed by atoms with Crippen molar-refractivity contribution in [2.75, 3.05) is 31.9 Å². The van der Waals surface area contributed by atoms with Gasteiger partial charge in [0.25, 0.3) is 0 Å². The van der Waals surface area contributed by atoms with Crippen LogP contribution in [0.25, 0.3) is 0 Å². The second kappa shape index (κ2) is 24.5. The molecule has 0 aliphatic heterocycles. The van der Waals surface area contributed by atoms with Crippen molar-refractivity contribution in [3.8, 4) is 17.2 Å². The van der Waals surface area contributed by atoms with Crippen LogP contribution in [0.1, 0.15) is 78.8 Å². The van der Waals surface area contributed by atoms with Gasteiger partial charge in [0, 0.05) is 52.3 Å². The third kappa shape index (κ3) is 15.5. The smallest absolute Gasteiger partial charge is 0.335 e. The summed E-state index contributed by atoms with van der Waals surface area (Å²) in [5, 5.41) is 71.5. The van der Waals surface area contributed by atoms with E-state index in [9.17, 15) is 73.8 Å². The number of hydrogen-bond donors (Lipinski definition) is 12. The molecule has 0 aromatic heterocycles. The third-order valence-electron chi connectivity index (χ3n) is 10.7. The Morgan fingerprint density at radius 2 is 0.500 bits per heavy atom. The minimum Gasteiger partial charge on any atom is -0.489 e. The van der Waals surface area contributed by atoms with Gasteiger partial charge in [0.05, 0.1) is 33.4 Å². The molecule has 0 saturated carbocycles. The number of carbonyl (C=O) groups excluding carboxylic acids is 3. The lowest BCUT2D eigenvalue weighted by Gasteiger charge is -2.15. The van der Waals surface area contributed by atoms with E-state index in [0.717, 1.165) is 54.6 Å². The highest BCUT2D eigenvalue weighted by Gasteiger charge is 2.17. The van der Waals surface area contributed by atoms with Gasteiger partial charge in [-0.05, 0) is 126 Å². The van der Waals surface area contributed by atoms with Crippen molar-refractivity contribution in [2.24, 2.45) is 0 Å². The zero-order valence-electron chi connectivity index (χ0n) is 40.1. The summed E-state index contributed by atoms with van der Waals surface area (Å²) in [7, 11) is 0. The van der Waals surface area contributed by atoms with Gasteiger partial charge in [0.2, 0.25) is 0 Å². The van der Waals surface area contributed by atoms with Gasteiger partial charge >= 0.3 is 53.9 Å². The Kier molecular flexibility index (Phi) is 17.1. The maximum atomic E-state index is 12.9. The van der Waals surface area contributed by atoms with Gasteiger partial charge in [0.1, 0.15) is 37.1 Å². The van der Waals surface area contributed by atoms with Crippen LogP contribution < -0.4 is 46.1 Å². The average Bonchev–Trinajstić information content (AvgIpc) is 3.39. The van der Waals surface area contributed by atoms with Crippen molar-refractivity contribution < 1.29 is 88.0 Å². The van der Waals surface area contributed by atoms with Gasteiger partial charge in [-0.3, -0.25) is 0 Å². The van der Waals surface area contributed by atoms with E-state index < -0.39 is 53.9 Å². The number of rotatable bonds is 21. The maximum absolute atomic E-state index is 12.9. The van der Waals surface area contributed by atoms with Crippen LogP contribution in [-0.4, -0.2) is 84.5 Å². The predicted molar refractivity (Wildman–Crippen MR) is 278 cm³/mol. The molecular formula is C54H42N6O18. The molecule has 0 radical (unpaired) electrons. The van der Waals surface area contributed by atoms with E-state index in [1.54, 1.807) is 72.8 Å². The minimum absolute atomic E-state index is 0.0356. The molecule has 7 rings (SSSR count). The Morgan fingerprint density at radius 1 is 0.282 bits per heavy atom. The molecule has 0 saturated heterocycles. The molecular weight excluding hydrogens is 1020 g/mol. The molecule has 7 aromatic carbocycles. The SMILES string of the molecule is O=C(Nc1cccc(OCc2cc(COc3cccc(NC(=O)Nc4cc(C(=O)O)cc(C(=O)O)c4)c3)cc(COc3cccc(NC(=O)Nc4cc(C(=O)O)cc(C(=O)O)c4)c3)c2)c1)Nc1cc(C(=O)O)cc(C(=O)O)c1. The van der Waals surface area contributed by atoms with E-state index in [4.69, 9.17) is 14.2 Å². The van der Waals surface area contributed by atoms with Crippen molar-refractivity contribution in [1.82, 2.24) is 0 Å². The molecule has 0 bridgehead atoms. The molecule has 0 atom stereocenters. The van der Waals surface area contributed by atoms with Crippen LogP contribution in [0.15, 0.2) is 146 Å². The zero-order valence-corrected chi connectivity index (χ0v) is 40.1. The number of carboxylic acid groups (broad SMARTS) is 6. The van der Waals surface area contributed by atoms with E-state index in [1.165, 1.54) is 18.2 Å². The molecule has 7 aromatic rings. The normalized spacial score (nSPS) is 10.5. The molecule has 0 aliphatic carbocycles. The second-order valence-corrected chi connectivity index (χ2v) is 16.6. The fraction of sp³-hybridized carbons (Fsp3) is 0.0556. The maximum Gasteiger partial charge on any atom is 0.335 e. The number of carboxylic acids is 6. The van der Waals surface area contributed by atoms with Crippen molar-refractivity contribution in [2.45, 2.75) is 19.8 Å². The highest BCUT2D eigenvalue weighted by Crippen LogP contribution is 2.26. The number of urea groups is 3. The molecule has 12 N–H and O–H groups in total. The van der Waals surface area contributed by atoms with Crippen molar-refractivity contribution in [1.29, 1.82) is 0 Å². The molecule has 0 unspecified atom stereocenters. The number of aromatic carboxylic acids is 6. The Balaban J connectivity index is 1.05. The summed E-state index contributed by atoms with van der Waals surface area (Å²) in [4.78, 5) is 108. The molecule has 396 valence electrons. The van der Waals surface area contributed by atoms with E-state index in [1.807, 2.05) is 0 Å². The monoisotopic (exact) mass is 1060 g/mol. The van der Waals surface area contributed by atoms with Gasteiger partial charge in [-0.1, -0.05) is 18.2 Å². The van der Waals surface area contributed by atoms with E-state index in [-0.39, 0.29) is 87.3 Å². The molecule has 24 nitrogen and oxygen atoms in total. The lowest BCUT2D eigenvalue weighted by atomic mass is 10.1. The van der Waals surface area contributed by atoms with Gasteiger partial charge in [0.15, 0.2) is 0 Å². The summed E-state index contributed by atoms with van der Waals surface area (Å²) in [6.45, 7) is -0.107. The van der Waals surface area contributed by atoms with E-state index >= 15 is 0 Å². The molecule has 0 aliphatic rings. The highest BCUT2D eigenvalue weighted by molar-refractivity contribution is 6.05. The zero-order chi connectivity index (χ0) is 56.0. The fourth-order valence-electron chi connectivity index (χ4n) is 7.30. The Labute approximate surface area is 439 Å². The Bertz CT molecular complexity index is 3070. The first-order valence-corrected chi connectivity index (χ1v) is 22.6. The van der Waals surface area contributed by atoms with Crippen LogP contribution in [-0.2, 0) is 19.8 Å². The molecule has 0 spiro atoms. The molecule has 0 heterocycles. The minimum atomic E-state index is -1.40. The quantitative estimate of drug-likeness (QED) is 0.0318. The molecule has 24 heteroatoms. The lowest BCUT2D eigenvalue weighted by Crippen LogP contribution is -2.20. The number of anilines is 6. The standard InChI is InChI=1S/C54H42N6O18/c61-46(62)31-13-32(47(63)64)17-40(16-31)58-52(73)55-37-4-1-7-43(22-37)76-25-28-10-29(26-77-44-8-2-5-38(23-44)56-53(74)59-41-18-33(48(65)66)14-34(19-41)49(67)68)12-30(11-28)27-78-45-9-3-6-39(24-45)57-54(75)60-42-20-35(50(69)70)15-36(21-42)51(71)72/h1-24H,25-27H2,(H,61,62)(H,63,64)(H,65,66)(H,67,68)(H,69,70)(H,71,72)(H2,55,58,73)(H2,56,59,74)(H2,57,60,75). The van der Waals surface area contributed by atoms with Crippen molar-refractivity contribution in [3.63, 3.8) is 0 Å². The van der Waals surface area contributed by atoms with E-state index in [0.29, 0.717) is 33.9 Å². The largest absolute Gasteiger partial charge is 0.489 e. The summed E-state index contributed by atoms with van der Waals surface area (Å²) < 4.78 is 18.4. The van der Waals surface area contributed by atoms with Crippen LogP contribution in [0.3, 0.4) is 0 Å². The second-order valence-electron chi connectivity index (χ2n) is 16.6. The average molecular weight is 1060 g/mol. The third-order valence-corrected chi connectivity index (χ3v) is 10.7. The highest BCUT2D eigenvalue weighted by atomic mass is 16.5. The molecule has 0 fully saturated rings. The number of benzene rings is 7. The Hall–Kier alpha value is -11.4. The first-order chi connectivity index (χ1) is 37.2. The van der Waals surface area contributed by atoms with E-state index in [2.05, 4.69) is 31.9 Å². The van der Waals surface area contributed by atoms with Gasteiger partial charge < -0.3 is 76.8 Å². The van der Waals surface area contributed by atoms with Crippen molar-refractivity contribution >= 4 is 88.0 Å². The fourth-order valence-corrected chi connectivity index (χ4v) is 7.30. The van der Waals surface area contributed by atoms with Crippen LogP contribution in [0.2, 0.25) is 0 Å². The summed E-state index contributed by atoms with van der Waals surface area (Å²) in [6.07, 6.45) is 0. The lowest BCUT2D eigenvalue weighted by molar-refractivity contribution is 0.0676. The van der Waals surface area contributed by atoms with Crippen LogP contribution in [0.5, 0.6) is 17.2 Å². The number of nitrogens with one attached hydrogen (secondary N) is 6. The predicted octanol–water partition coefficient (Wildman–Crippen LogP) is 9.54. The molecule has 78 heavy (non-hydrogen) atoms. The number of carbonyl (C=O) groups is 9. The number of amides is 6. The Morgan fingerprint density at radius 3 is 0.718 bits per heavy atom. The molecule has 6 amide bonds. The first-order valence-electron chi connectivity index (χ1n) is 22.6. The number of hydrogen-bond acceptors (Lipinski definition) is 12. The summed E-state index contributed by atoms with van der Waals surface area (Å²) in [5.41, 5.74) is 0.289. The topological polar surface area (TPSA) is 375 Å². The van der Waals surface area contributed by atoms with Gasteiger partial charge in [-0.2, -0.15) is 0 Å². The summed E-state index contributed by atoms with van der Waals surface area (Å²) in [5.74, 6) is -7.45. The van der Waals surface area contributed by atoms with Crippen LogP contribution in [0, 0.1) is 0 Å². The van der Waals surface area contributed by atoms with Crippen LogP contribution in [0.4, 0.5) is 48.5 Å². The van der Waals surface area contributed by atoms with Crippen LogP contribution >= 0.6 is 0 Å². The van der Waals surface area contributed by atoms with Gasteiger partial charge in [-0.15, -0.1) is 0 Å². The van der Waals surface area contributed by atoms with Crippen molar-refractivity contribution in [3.05, 3.63) is 196 Å². The van der Waals surface area contributed by atoms with Gasteiger partial charge in [-0.25, -0.2) is 43.2 Å². The number of ether oxygens (including phenoxy) is 3. The first kappa shape index (κ1) is 54.3. The summed E-state index contributed by atoms with van der Waals surface area (Å²) in [6, 6.07) is 31.3. The summed E-state index contributed by atoms with van der Waals surface area (Å²) >= 11 is 0.